The lowest BCUT2D eigenvalue weighted by Gasteiger charge is -2.51. The molecule has 1 aliphatic carbocycles. The summed E-state index contributed by atoms with van der Waals surface area (Å²) < 4.78 is 11.6. The van der Waals surface area contributed by atoms with Gasteiger partial charge in [-0.3, -0.25) is 4.79 Å². The summed E-state index contributed by atoms with van der Waals surface area (Å²) in [5.74, 6) is -0.322. The molecule has 0 amide bonds. The number of allylic oxidation sites excluding steroid dienone is 1. The number of hydrogen-bond donors (Lipinski definition) is 1. The number of aliphatic hydroxyl groups is 1. The third kappa shape index (κ3) is 3.03. The van der Waals surface area contributed by atoms with Gasteiger partial charge in [-0.2, -0.15) is 0 Å². The van der Waals surface area contributed by atoms with E-state index in [1.807, 2.05) is 26.0 Å². The van der Waals surface area contributed by atoms with E-state index in [4.69, 9.17) is 9.16 Å². The second-order valence-electron chi connectivity index (χ2n) is 8.34. The summed E-state index contributed by atoms with van der Waals surface area (Å²) in [6.45, 7) is 14.6. The lowest BCUT2D eigenvalue weighted by molar-refractivity contribution is -0.172. The molecule has 0 aromatic rings. The maximum absolute atomic E-state index is 12.6. The van der Waals surface area contributed by atoms with Gasteiger partial charge in [-0.05, 0) is 31.5 Å². The fourth-order valence-electron chi connectivity index (χ4n) is 2.65. The van der Waals surface area contributed by atoms with Crippen LogP contribution in [0.15, 0.2) is 12.2 Å². The number of aliphatic hydroxyl groups excluding tert-OH is 1. The van der Waals surface area contributed by atoms with E-state index in [-0.39, 0.29) is 23.7 Å². The van der Waals surface area contributed by atoms with Gasteiger partial charge in [-0.25, -0.2) is 0 Å². The highest BCUT2D eigenvalue weighted by atomic mass is 28.4. The first-order valence-corrected chi connectivity index (χ1v) is 10.8. The Balaban J connectivity index is 3.30. The number of esters is 1. The fourth-order valence-corrected chi connectivity index (χ4v) is 3.96. The average Bonchev–Trinajstić information content (AvgIpc) is 2.41. The van der Waals surface area contributed by atoms with Crippen LogP contribution in [0.1, 0.15) is 41.0 Å². The average molecular weight is 329 g/mol. The highest BCUT2D eigenvalue weighted by Crippen LogP contribution is 2.51. The first-order chi connectivity index (χ1) is 9.85. The Kier molecular flexibility index (Phi) is 5.37. The molecule has 0 fully saturated rings. The lowest BCUT2D eigenvalue weighted by atomic mass is 9.58. The van der Waals surface area contributed by atoms with Gasteiger partial charge in [-0.15, -0.1) is 0 Å². The minimum absolute atomic E-state index is 0.0466. The lowest BCUT2D eigenvalue weighted by Crippen LogP contribution is -2.59. The van der Waals surface area contributed by atoms with Crippen molar-refractivity contribution >= 4 is 14.3 Å². The van der Waals surface area contributed by atoms with Crippen LogP contribution in [0.25, 0.3) is 0 Å². The van der Waals surface area contributed by atoms with Crippen LogP contribution in [-0.4, -0.2) is 39.2 Å². The second kappa shape index (κ2) is 6.10. The summed E-state index contributed by atoms with van der Waals surface area (Å²) in [6, 6.07) is 0. The first kappa shape index (κ1) is 19.4. The second-order valence-corrected chi connectivity index (χ2v) is 13.1. The molecule has 128 valence electrons. The Morgan fingerprint density at radius 1 is 1.36 bits per heavy atom. The summed E-state index contributed by atoms with van der Waals surface area (Å²) in [7, 11) is -0.660. The van der Waals surface area contributed by atoms with Gasteiger partial charge in [0.2, 0.25) is 0 Å². The molecule has 0 saturated carbocycles. The van der Waals surface area contributed by atoms with E-state index in [1.54, 1.807) is 0 Å². The van der Waals surface area contributed by atoms with Crippen LogP contribution in [0, 0.1) is 10.8 Å². The number of carbonyl (C=O) groups is 1. The van der Waals surface area contributed by atoms with Crippen LogP contribution in [0.3, 0.4) is 0 Å². The summed E-state index contributed by atoms with van der Waals surface area (Å²) in [5.41, 5.74) is -1.50. The molecule has 4 nitrogen and oxygen atoms in total. The predicted molar refractivity (Wildman–Crippen MR) is 91.1 cm³/mol. The quantitative estimate of drug-likeness (QED) is 0.487. The van der Waals surface area contributed by atoms with Crippen molar-refractivity contribution in [2.24, 2.45) is 10.8 Å². The van der Waals surface area contributed by atoms with Crippen LogP contribution in [-0.2, 0) is 14.0 Å². The van der Waals surface area contributed by atoms with Crippen molar-refractivity contribution in [1.82, 2.24) is 0 Å². The fraction of sp³-hybridized carbons (Fsp3) is 0.824. The molecule has 0 aromatic carbocycles. The molecule has 0 unspecified atom stereocenters. The summed E-state index contributed by atoms with van der Waals surface area (Å²) in [5, 5.41) is 9.97. The third-order valence-electron chi connectivity index (χ3n) is 5.89. The Bertz CT molecular complexity index is 452. The number of ether oxygens (including phenoxy) is 1. The molecule has 3 atom stereocenters. The molecule has 1 rings (SSSR count). The Morgan fingerprint density at radius 2 is 1.91 bits per heavy atom. The molecule has 1 aliphatic rings. The molecule has 0 heterocycles. The van der Waals surface area contributed by atoms with Crippen molar-refractivity contribution in [3.63, 3.8) is 0 Å². The maximum Gasteiger partial charge on any atom is 0.315 e. The molecular formula is C17H32O4Si. The summed E-state index contributed by atoms with van der Waals surface area (Å²) in [4.78, 5) is 12.6. The Hall–Kier alpha value is -0.653. The van der Waals surface area contributed by atoms with Gasteiger partial charge in [0.25, 0.3) is 0 Å². The first-order valence-electron chi connectivity index (χ1n) is 7.89. The van der Waals surface area contributed by atoms with Crippen molar-refractivity contribution in [3.05, 3.63) is 12.2 Å². The molecule has 0 radical (unpaired) electrons. The standard InChI is InChI=1S/C17H32O4Si/c1-15(2,3)22(7,8)21-13-10-9-11-16(4,12-18)17(13,5)14(19)20-6/h9-10,13,18H,11-12H2,1-8H3/t13-,16-,17+/m1/s1. The normalized spacial score (nSPS) is 32.9. The zero-order chi connectivity index (χ0) is 17.4. The molecule has 5 heteroatoms. The van der Waals surface area contributed by atoms with Crippen molar-refractivity contribution in [1.29, 1.82) is 0 Å². The highest BCUT2D eigenvalue weighted by molar-refractivity contribution is 6.74. The molecule has 0 aromatic heterocycles. The van der Waals surface area contributed by atoms with Crippen molar-refractivity contribution in [3.8, 4) is 0 Å². The molecule has 0 aliphatic heterocycles. The Morgan fingerprint density at radius 3 is 2.32 bits per heavy atom. The SMILES string of the molecule is COC(=O)[C@]1(C)[C@H](O[Si](C)(C)C(C)(C)C)C=CC[C@]1(C)CO. The van der Waals surface area contributed by atoms with E-state index in [0.717, 1.165) is 0 Å². The van der Waals surface area contributed by atoms with Crippen LogP contribution < -0.4 is 0 Å². The topological polar surface area (TPSA) is 55.8 Å². The van der Waals surface area contributed by atoms with Crippen molar-refractivity contribution in [2.45, 2.75) is 65.3 Å². The predicted octanol–water partition coefficient (Wildman–Crippen LogP) is 3.51. The smallest absolute Gasteiger partial charge is 0.315 e. The van der Waals surface area contributed by atoms with E-state index in [1.165, 1.54) is 7.11 Å². The minimum Gasteiger partial charge on any atom is -0.468 e. The largest absolute Gasteiger partial charge is 0.468 e. The monoisotopic (exact) mass is 328 g/mol. The molecule has 1 N–H and O–H groups in total. The van der Waals surface area contributed by atoms with Gasteiger partial charge in [0, 0.05) is 12.0 Å². The number of carbonyl (C=O) groups excluding carboxylic acids is 1. The Labute approximate surface area is 136 Å². The molecule has 0 saturated heterocycles. The van der Waals surface area contributed by atoms with Gasteiger partial charge in [0.05, 0.1) is 13.2 Å². The van der Waals surface area contributed by atoms with Crippen LogP contribution in [0.5, 0.6) is 0 Å². The van der Waals surface area contributed by atoms with Gasteiger partial charge in [0.1, 0.15) is 5.41 Å². The van der Waals surface area contributed by atoms with E-state index in [9.17, 15) is 9.90 Å². The summed E-state index contributed by atoms with van der Waals surface area (Å²) >= 11 is 0. The molecule has 22 heavy (non-hydrogen) atoms. The minimum atomic E-state index is -2.06. The van der Waals surface area contributed by atoms with Gasteiger partial charge >= 0.3 is 5.97 Å². The maximum atomic E-state index is 12.6. The van der Waals surface area contributed by atoms with E-state index in [0.29, 0.717) is 6.42 Å². The highest BCUT2D eigenvalue weighted by Gasteiger charge is 2.58. The van der Waals surface area contributed by atoms with Gasteiger partial charge < -0.3 is 14.3 Å². The van der Waals surface area contributed by atoms with Crippen LogP contribution in [0.2, 0.25) is 18.1 Å². The zero-order valence-corrected chi connectivity index (χ0v) is 16.3. The number of methoxy groups -OCH3 is 1. The van der Waals surface area contributed by atoms with Crippen molar-refractivity contribution in [2.75, 3.05) is 13.7 Å². The van der Waals surface area contributed by atoms with Crippen LogP contribution >= 0.6 is 0 Å². The number of hydrogen-bond acceptors (Lipinski definition) is 4. The van der Waals surface area contributed by atoms with E-state index >= 15 is 0 Å². The molecular weight excluding hydrogens is 296 g/mol. The van der Waals surface area contributed by atoms with Gasteiger partial charge in [0.15, 0.2) is 8.32 Å². The molecule has 0 spiro atoms. The summed E-state index contributed by atoms with van der Waals surface area (Å²) in [6.07, 6.45) is 4.23. The number of rotatable bonds is 4. The van der Waals surface area contributed by atoms with Crippen LogP contribution in [0.4, 0.5) is 0 Å². The third-order valence-corrected chi connectivity index (χ3v) is 10.3. The zero-order valence-electron chi connectivity index (χ0n) is 15.3. The molecule has 0 bridgehead atoms. The van der Waals surface area contributed by atoms with Gasteiger partial charge in [-0.1, -0.05) is 39.8 Å². The van der Waals surface area contributed by atoms with E-state index in [2.05, 4.69) is 33.9 Å². The van der Waals surface area contributed by atoms with E-state index < -0.39 is 19.1 Å². The van der Waals surface area contributed by atoms with Crippen molar-refractivity contribution < 1.29 is 19.1 Å².